The average Bonchev–Trinajstić information content (AvgIpc) is 2.54. The van der Waals surface area contributed by atoms with Gasteiger partial charge in [-0.2, -0.15) is 0 Å². The lowest BCUT2D eigenvalue weighted by Gasteiger charge is -2.06. The van der Waals surface area contributed by atoms with Gasteiger partial charge in [-0.15, -0.1) is 12.4 Å². The van der Waals surface area contributed by atoms with Crippen LogP contribution in [0, 0.1) is 0 Å². The molecule has 5 heteroatoms. The van der Waals surface area contributed by atoms with Crippen LogP contribution in [0.15, 0.2) is 66.5 Å². The Morgan fingerprint density at radius 1 is 1.05 bits per heavy atom. The lowest BCUT2D eigenvalue weighted by atomic mass is 10.0. The second-order valence-corrected chi connectivity index (χ2v) is 4.39. The van der Waals surface area contributed by atoms with Crippen LogP contribution in [0.4, 0.5) is 4.39 Å². The Balaban J connectivity index is 0.00000242. The van der Waals surface area contributed by atoms with Crippen molar-refractivity contribution in [3.63, 3.8) is 0 Å². The van der Waals surface area contributed by atoms with Crippen molar-refractivity contribution in [3.05, 3.63) is 77.6 Å². The van der Waals surface area contributed by atoms with Gasteiger partial charge >= 0.3 is 0 Å². The molecule has 0 fully saturated rings. The quantitative estimate of drug-likeness (QED) is 0.828. The van der Waals surface area contributed by atoms with Gasteiger partial charge in [-0.3, -0.25) is 4.79 Å². The normalized spacial score (nSPS) is 10.7. The van der Waals surface area contributed by atoms with E-state index in [9.17, 15) is 9.18 Å². The highest BCUT2D eigenvalue weighted by atomic mass is 35.5. The summed E-state index contributed by atoms with van der Waals surface area (Å²) in [4.78, 5) is 12.2. The molecule has 0 radical (unpaired) electrons. The van der Waals surface area contributed by atoms with E-state index in [4.69, 9.17) is 10.5 Å². The number of hydrogen-bond acceptors (Lipinski definition) is 3. The zero-order valence-electron chi connectivity index (χ0n) is 11.9. The minimum Gasteiger partial charge on any atom is -0.487 e. The Bertz CT molecular complexity index is 627. The first-order valence-corrected chi connectivity index (χ1v) is 6.58. The fourth-order valence-corrected chi connectivity index (χ4v) is 1.80. The number of halogens is 2. The number of nitrogens with two attached hydrogens (primary N) is 1. The Kier molecular flexibility index (Phi) is 7.29. The molecule has 0 spiro atoms. The van der Waals surface area contributed by atoms with E-state index in [1.165, 1.54) is 6.08 Å². The van der Waals surface area contributed by atoms with Crippen LogP contribution in [0.5, 0.6) is 5.75 Å². The summed E-state index contributed by atoms with van der Waals surface area (Å²) in [5, 5.41) is 0. The summed E-state index contributed by atoms with van der Waals surface area (Å²) in [6, 6.07) is 15.6. The summed E-state index contributed by atoms with van der Waals surface area (Å²) >= 11 is 0. The molecule has 0 bridgehead atoms. The number of ketones is 1. The fourth-order valence-electron chi connectivity index (χ4n) is 1.80. The second-order valence-electron chi connectivity index (χ2n) is 4.39. The van der Waals surface area contributed by atoms with Gasteiger partial charge in [0.05, 0.1) is 0 Å². The number of ether oxygens (including phenoxy) is 1. The van der Waals surface area contributed by atoms with Crippen LogP contribution in [0.1, 0.15) is 15.9 Å². The minimum atomic E-state index is -0.415. The van der Waals surface area contributed by atoms with Crippen molar-refractivity contribution in [1.29, 1.82) is 0 Å². The Hall–Kier alpha value is -2.17. The topological polar surface area (TPSA) is 52.3 Å². The van der Waals surface area contributed by atoms with Crippen molar-refractivity contribution in [2.24, 2.45) is 5.73 Å². The van der Waals surface area contributed by atoms with Gasteiger partial charge in [-0.25, -0.2) is 4.39 Å². The van der Waals surface area contributed by atoms with Crippen LogP contribution < -0.4 is 10.5 Å². The SMILES string of the molecule is Cl.NC/C=C(/F)COc1ccc(C(=O)c2ccccc2)cc1. The van der Waals surface area contributed by atoms with E-state index in [2.05, 4.69) is 0 Å². The summed E-state index contributed by atoms with van der Waals surface area (Å²) in [5.74, 6) is 0.0264. The maximum absolute atomic E-state index is 13.1. The molecule has 0 unspecified atom stereocenters. The van der Waals surface area contributed by atoms with E-state index in [1.54, 1.807) is 36.4 Å². The van der Waals surface area contributed by atoms with Crippen molar-refractivity contribution < 1.29 is 13.9 Å². The van der Waals surface area contributed by atoms with Crippen LogP contribution in [0.25, 0.3) is 0 Å². The minimum absolute atomic E-state index is 0. The zero-order valence-corrected chi connectivity index (χ0v) is 12.7. The van der Waals surface area contributed by atoms with E-state index in [-0.39, 0.29) is 31.3 Å². The highest BCUT2D eigenvalue weighted by Gasteiger charge is 2.08. The summed E-state index contributed by atoms with van der Waals surface area (Å²) in [6.07, 6.45) is 1.26. The third-order valence-corrected chi connectivity index (χ3v) is 2.87. The predicted octanol–water partition coefficient (Wildman–Crippen LogP) is 3.53. The number of rotatable bonds is 6. The van der Waals surface area contributed by atoms with Gasteiger partial charge in [0.2, 0.25) is 0 Å². The molecule has 22 heavy (non-hydrogen) atoms. The maximum atomic E-state index is 13.1. The van der Waals surface area contributed by atoms with Crippen molar-refractivity contribution in [2.45, 2.75) is 0 Å². The lowest BCUT2D eigenvalue weighted by molar-refractivity contribution is 0.103. The Morgan fingerprint density at radius 2 is 1.64 bits per heavy atom. The van der Waals surface area contributed by atoms with Crippen LogP contribution in [-0.2, 0) is 0 Å². The molecule has 0 heterocycles. The third-order valence-electron chi connectivity index (χ3n) is 2.87. The molecule has 0 atom stereocenters. The molecule has 0 saturated heterocycles. The molecule has 0 aliphatic rings. The van der Waals surface area contributed by atoms with Gasteiger partial charge in [-0.1, -0.05) is 30.3 Å². The highest BCUT2D eigenvalue weighted by molar-refractivity contribution is 6.08. The summed E-state index contributed by atoms with van der Waals surface area (Å²) in [7, 11) is 0. The standard InChI is InChI=1S/C17H16FNO2.ClH/c18-15(10-11-19)12-21-16-8-6-14(7-9-16)17(20)13-4-2-1-3-5-13;/h1-10H,11-12,19H2;1H/b15-10+;. The summed E-state index contributed by atoms with van der Waals surface area (Å²) in [6.45, 7) is -0.0249. The van der Waals surface area contributed by atoms with E-state index in [1.807, 2.05) is 18.2 Å². The molecule has 0 saturated carbocycles. The molecule has 2 rings (SSSR count). The molecule has 116 valence electrons. The van der Waals surface area contributed by atoms with E-state index in [0.717, 1.165) is 0 Å². The van der Waals surface area contributed by atoms with Gasteiger partial charge in [-0.05, 0) is 30.3 Å². The Morgan fingerprint density at radius 3 is 2.23 bits per heavy atom. The average molecular weight is 322 g/mol. The molecular weight excluding hydrogens is 305 g/mol. The maximum Gasteiger partial charge on any atom is 0.193 e. The fraction of sp³-hybridized carbons (Fsp3) is 0.118. The molecule has 3 nitrogen and oxygen atoms in total. The third kappa shape index (κ3) is 4.98. The van der Waals surface area contributed by atoms with E-state index < -0.39 is 5.83 Å². The van der Waals surface area contributed by atoms with E-state index in [0.29, 0.717) is 16.9 Å². The summed E-state index contributed by atoms with van der Waals surface area (Å²) in [5.41, 5.74) is 6.39. The second kappa shape index (κ2) is 8.97. The van der Waals surface area contributed by atoms with Crippen molar-refractivity contribution >= 4 is 18.2 Å². The Labute approximate surface area is 135 Å². The van der Waals surface area contributed by atoms with Gasteiger partial charge in [0.15, 0.2) is 5.78 Å². The first-order valence-electron chi connectivity index (χ1n) is 6.58. The molecule has 2 aromatic carbocycles. The molecule has 0 aromatic heterocycles. The molecule has 2 N–H and O–H groups in total. The molecule has 0 aliphatic heterocycles. The van der Waals surface area contributed by atoms with Gasteiger partial charge in [0, 0.05) is 17.7 Å². The lowest BCUT2D eigenvalue weighted by Crippen LogP contribution is -2.03. The molecular formula is C17H17ClFNO2. The first kappa shape index (κ1) is 17.9. The monoisotopic (exact) mass is 321 g/mol. The molecule has 2 aromatic rings. The van der Waals surface area contributed by atoms with Crippen LogP contribution in [-0.4, -0.2) is 18.9 Å². The number of benzene rings is 2. The van der Waals surface area contributed by atoms with E-state index >= 15 is 0 Å². The predicted molar refractivity (Wildman–Crippen MR) is 87.3 cm³/mol. The number of carbonyl (C=O) groups excluding carboxylic acids is 1. The van der Waals surface area contributed by atoms with Gasteiger partial charge < -0.3 is 10.5 Å². The zero-order chi connectivity index (χ0) is 15.1. The van der Waals surface area contributed by atoms with Gasteiger partial charge in [0.25, 0.3) is 0 Å². The van der Waals surface area contributed by atoms with Crippen LogP contribution >= 0.6 is 12.4 Å². The summed E-state index contributed by atoms with van der Waals surface area (Å²) < 4.78 is 18.4. The smallest absolute Gasteiger partial charge is 0.193 e. The van der Waals surface area contributed by atoms with Crippen molar-refractivity contribution in [1.82, 2.24) is 0 Å². The molecule has 0 amide bonds. The number of carbonyl (C=O) groups is 1. The first-order chi connectivity index (χ1) is 10.2. The van der Waals surface area contributed by atoms with Gasteiger partial charge in [0.1, 0.15) is 18.2 Å². The number of hydrogen-bond donors (Lipinski definition) is 1. The van der Waals surface area contributed by atoms with Crippen molar-refractivity contribution in [3.8, 4) is 5.75 Å². The largest absolute Gasteiger partial charge is 0.487 e. The van der Waals surface area contributed by atoms with Crippen molar-refractivity contribution in [2.75, 3.05) is 13.2 Å². The highest BCUT2D eigenvalue weighted by Crippen LogP contribution is 2.16. The van der Waals surface area contributed by atoms with Crippen LogP contribution in [0.3, 0.4) is 0 Å². The molecule has 0 aliphatic carbocycles. The van der Waals surface area contributed by atoms with Crippen LogP contribution in [0.2, 0.25) is 0 Å².